The Balaban J connectivity index is 2.19. The van der Waals surface area contributed by atoms with Crippen LogP contribution in [0.25, 0.3) is 0 Å². The van der Waals surface area contributed by atoms with Gasteiger partial charge in [-0.25, -0.2) is 4.79 Å². The molecule has 0 aromatic heterocycles. The summed E-state index contributed by atoms with van der Waals surface area (Å²) in [4.78, 5) is 24.8. The molecule has 2 rings (SSSR count). The molecule has 0 aliphatic carbocycles. The first kappa shape index (κ1) is 17.7. The third-order valence-corrected chi connectivity index (χ3v) is 4.40. The summed E-state index contributed by atoms with van der Waals surface area (Å²) >= 11 is 0. The van der Waals surface area contributed by atoms with E-state index in [0.717, 1.165) is 22.3 Å². The second-order valence-electron chi connectivity index (χ2n) is 5.93. The van der Waals surface area contributed by atoms with Gasteiger partial charge in [0.15, 0.2) is 6.61 Å². The number of hydrogen-bond acceptors (Lipinski definition) is 4. The van der Waals surface area contributed by atoms with Gasteiger partial charge < -0.3 is 10.1 Å². The molecule has 1 N–H and O–H groups in total. The van der Waals surface area contributed by atoms with Gasteiger partial charge in [0.2, 0.25) is 5.78 Å². The van der Waals surface area contributed by atoms with Gasteiger partial charge in [0.05, 0.1) is 5.56 Å². The molecular formula is C20H23NO3. The number of carbonyl (C=O) groups excluding carboxylic acids is 2. The van der Waals surface area contributed by atoms with E-state index in [0.29, 0.717) is 16.8 Å². The molecule has 0 heterocycles. The number of para-hydroxylation sites is 1. The van der Waals surface area contributed by atoms with Crippen molar-refractivity contribution in [2.24, 2.45) is 0 Å². The van der Waals surface area contributed by atoms with Gasteiger partial charge in [-0.15, -0.1) is 0 Å². The molecule has 0 unspecified atom stereocenters. The molecule has 126 valence electrons. The van der Waals surface area contributed by atoms with Crippen molar-refractivity contribution in [2.45, 2.75) is 27.7 Å². The van der Waals surface area contributed by atoms with Crippen LogP contribution >= 0.6 is 0 Å². The van der Waals surface area contributed by atoms with Crippen molar-refractivity contribution in [3.8, 4) is 0 Å². The van der Waals surface area contributed by atoms with E-state index in [1.165, 1.54) is 0 Å². The van der Waals surface area contributed by atoms with Crippen LogP contribution in [-0.2, 0) is 4.74 Å². The van der Waals surface area contributed by atoms with Crippen LogP contribution in [0.4, 0.5) is 5.69 Å². The second kappa shape index (κ2) is 7.30. The molecule has 2 aromatic rings. The fourth-order valence-corrected chi connectivity index (χ4v) is 2.80. The van der Waals surface area contributed by atoms with Crippen LogP contribution in [0.2, 0.25) is 0 Å². The lowest BCUT2D eigenvalue weighted by atomic mass is 9.92. The highest BCUT2D eigenvalue weighted by molar-refractivity contribution is 6.02. The van der Waals surface area contributed by atoms with Crippen LogP contribution in [0.3, 0.4) is 0 Å². The molecule has 0 atom stereocenters. The smallest absolute Gasteiger partial charge is 0.340 e. The van der Waals surface area contributed by atoms with E-state index in [2.05, 4.69) is 11.4 Å². The van der Waals surface area contributed by atoms with E-state index < -0.39 is 5.97 Å². The van der Waals surface area contributed by atoms with Gasteiger partial charge in [-0.1, -0.05) is 18.2 Å². The first-order valence-corrected chi connectivity index (χ1v) is 7.91. The predicted octanol–water partition coefficient (Wildman–Crippen LogP) is 4.00. The Morgan fingerprint density at radius 3 is 2.17 bits per heavy atom. The maximum Gasteiger partial charge on any atom is 0.340 e. The summed E-state index contributed by atoms with van der Waals surface area (Å²) in [6, 6.07) is 9.12. The maximum atomic E-state index is 12.6. The van der Waals surface area contributed by atoms with Gasteiger partial charge in [0, 0.05) is 18.3 Å². The highest BCUT2D eigenvalue weighted by Crippen LogP contribution is 2.22. The number of hydrogen-bond donors (Lipinski definition) is 1. The van der Waals surface area contributed by atoms with Crippen molar-refractivity contribution in [1.29, 1.82) is 0 Å². The molecule has 4 heteroatoms. The van der Waals surface area contributed by atoms with Crippen LogP contribution < -0.4 is 5.32 Å². The highest BCUT2D eigenvalue weighted by atomic mass is 16.5. The quantitative estimate of drug-likeness (QED) is 0.667. The summed E-state index contributed by atoms with van der Waals surface area (Å²) in [5.41, 5.74) is 5.75. The zero-order chi connectivity index (χ0) is 17.9. The lowest BCUT2D eigenvalue weighted by Gasteiger charge is -2.14. The Morgan fingerprint density at radius 1 is 1.00 bits per heavy atom. The number of esters is 1. The van der Waals surface area contributed by atoms with Crippen molar-refractivity contribution >= 4 is 17.4 Å². The molecule has 0 saturated carbocycles. The average molecular weight is 325 g/mol. The summed E-state index contributed by atoms with van der Waals surface area (Å²) in [5.74, 6) is -0.680. The van der Waals surface area contributed by atoms with Gasteiger partial charge in [0.25, 0.3) is 0 Å². The van der Waals surface area contributed by atoms with E-state index >= 15 is 0 Å². The number of ketones is 1. The topological polar surface area (TPSA) is 55.4 Å². The molecule has 0 bridgehead atoms. The van der Waals surface area contributed by atoms with E-state index in [4.69, 9.17) is 4.74 Å². The van der Waals surface area contributed by atoms with E-state index in [1.54, 1.807) is 25.2 Å². The van der Waals surface area contributed by atoms with E-state index in [-0.39, 0.29) is 12.4 Å². The minimum Gasteiger partial charge on any atom is -0.454 e. The number of ether oxygens (including phenoxy) is 1. The molecule has 24 heavy (non-hydrogen) atoms. The summed E-state index contributed by atoms with van der Waals surface area (Å²) in [7, 11) is 1.74. The average Bonchev–Trinajstić information content (AvgIpc) is 2.58. The number of rotatable bonds is 5. The standard InChI is InChI=1S/C20H23NO3/c1-12-10-13(2)15(4)19(14(12)3)18(22)11-24-20(23)16-8-6-7-9-17(16)21-5/h6-10,21H,11H2,1-5H3. The molecule has 0 saturated heterocycles. The minimum atomic E-state index is -0.506. The number of nitrogens with one attached hydrogen (secondary N) is 1. The van der Waals surface area contributed by atoms with Crippen LogP contribution in [0.15, 0.2) is 30.3 Å². The van der Waals surface area contributed by atoms with Gasteiger partial charge in [-0.2, -0.15) is 0 Å². The van der Waals surface area contributed by atoms with E-state index in [9.17, 15) is 9.59 Å². The second-order valence-corrected chi connectivity index (χ2v) is 5.93. The predicted molar refractivity (Wildman–Crippen MR) is 96.0 cm³/mol. The molecule has 2 aromatic carbocycles. The number of carbonyl (C=O) groups is 2. The van der Waals surface area contributed by atoms with Gasteiger partial charge in [0.1, 0.15) is 0 Å². The number of benzene rings is 2. The van der Waals surface area contributed by atoms with Crippen LogP contribution in [0.5, 0.6) is 0 Å². The summed E-state index contributed by atoms with van der Waals surface area (Å²) in [5, 5.41) is 2.94. The lowest BCUT2D eigenvalue weighted by Crippen LogP contribution is -2.18. The normalized spacial score (nSPS) is 10.4. The maximum absolute atomic E-state index is 12.6. The molecule has 0 radical (unpaired) electrons. The van der Waals surface area contributed by atoms with Crippen molar-refractivity contribution in [3.05, 3.63) is 63.7 Å². The molecule has 0 fully saturated rings. The summed E-state index contributed by atoms with van der Waals surface area (Å²) < 4.78 is 5.25. The number of Topliss-reactive ketones (excluding diaryl/α,β-unsaturated/α-hetero) is 1. The molecule has 0 spiro atoms. The third-order valence-electron chi connectivity index (χ3n) is 4.40. The summed E-state index contributed by atoms with van der Waals surface area (Å²) in [6.07, 6.45) is 0. The fourth-order valence-electron chi connectivity index (χ4n) is 2.80. The number of anilines is 1. The zero-order valence-electron chi connectivity index (χ0n) is 14.8. The Morgan fingerprint density at radius 2 is 1.58 bits per heavy atom. The molecule has 0 amide bonds. The first-order valence-electron chi connectivity index (χ1n) is 7.91. The molecule has 0 aliphatic heterocycles. The van der Waals surface area contributed by atoms with E-state index in [1.807, 2.05) is 33.8 Å². The largest absolute Gasteiger partial charge is 0.454 e. The van der Waals surface area contributed by atoms with Crippen molar-refractivity contribution in [1.82, 2.24) is 0 Å². The Bertz CT molecular complexity index is 767. The fraction of sp³-hybridized carbons (Fsp3) is 0.300. The third kappa shape index (κ3) is 3.48. The van der Waals surface area contributed by atoms with Crippen molar-refractivity contribution < 1.29 is 14.3 Å². The Hall–Kier alpha value is -2.62. The lowest BCUT2D eigenvalue weighted by molar-refractivity contribution is 0.0475. The van der Waals surface area contributed by atoms with Crippen LogP contribution in [-0.4, -0.2) is 25.4 Å². The molecule has 4 nitrogen and oxygen atoms in total. The zero-order valence-corrected chi connectivity index (χ0v) is 14.8. The Labute approximate surface area is 142 Å². The van der Waals surface area contributed by atoms with Crippen molar-refractivity contribution in [2.75, 3.05) is 19.0 Å². The molecule has 0 aliphatic rings. The van der Waals surface area contributed by atoms with Crippen LogP contribution in [0, 0.1) is 27.7 Å². The van der Waals surface area contributed by atoms with Gasteiger partial charge in [-0.05, 0) is 62.1 Å². The van der Waals surface area contributed by atoms with Crippen LogP contribution in [0.1, 0.15) is 43.0 Å². The molecular weight excluding hydrogens is 302 g/mol. The van der Waals surface area contributed by atoms with Gasteiger partial charge >= 0.3 is 5.97 Å². The highest BCUT2D eigenvalue weighted by Gasteiger charge is 2.19. The summed E-state index contributed by atoms with van der Waals surface area (Å²) in [6.45, 7) is 7.54. The number of aryl methyl sites for hydroxylation is 2. The minimum absolute atomic E-state index is 0.174. The van der Waals surface area contributed by atoms with Crippen molar-refractivity contribution in [3.63, 3.8) is 0 Å². The first-order chi connectivity index (χ1) is 11.4. The monoisotopic (exact) mass is 325 g/mol. The SMILES string of the molecule is CNc1ccccc1C(=O)OCC(=O)c1c(C)c(C)cc(C)c1C. The van der Waals surface area contributed by atoms with Gasteiger partial charge in [-0.3, -0.25) is 4.79 Å². The Kier molecular flexibility index (Phi) is 5.39.